The first-order valence-corrected chi connectivity index (χ1v) is 14.7. The van der Waals surface area contributed by atoms with Crippen molar-refractivity contribution in [2.75, 3.05) is 26.3 Å². The fourth-order valence-electron chi connectivity index (χ4n) is 5.13. The quantitative estimate of drug-likeness (QED) is 0.278. The van der Waals surface area contributed by atoms with Crippen LogP contribution in [0.4, 0.5) is 13.2 Å². The minimum atomic E-state index is -4.80. The molecular formula is C29H36F3N3O12. The highest BCUT2D eigenvalue weighted by molar-refractivity contribution is 5.95. The van der Waals surface area contributed by atoms with Gasteiger partial charge in [0.1, 0.15) is 0 Å². The van der Waals surface area contributed by atoms with Gasteiger partial charge in [-0.15, -0.1) is 0 Å². The highest BCUT2D eigenvalue weighted by atomic mass is 19.4. The Morgan fingerprint density at radius 2 is 1.49 bits per heavy atom. The van der Waals surface area contributed by atoms with Gasteiger partial charge in [0.25, 0.3) is 11.8 Å². The second-order valence-electron chi connectivity index (χ2n) is 10.5. The molecule has 0 spiro atoms. The van der Waals surface area contributed by atoms with Gasteiger partial charge in [-0.2, -0.15) is 13.2 Å². The molecule has 260 valence electrons. The first-order chi connectivity index (χ1) is 22.1. The van der Waals surface area contributed by atoms with Crippen LogP contribution in [0.2, 0.25) is 0 Å². The van der Waals surface area contributed by atoms with Gasteiger partial charge in [0.2, 0.25) is 0 Å². The van der Waals surface area contributed by atoms with E-state index in [1.54, 1.807) is 6.92 Å². The number of nitrogens with zero attached hydrogens (tertiary/aromatic N) is 2. The Hall–Kier alpha value is -4.48. The second-order valence-corrected chi connectivity index (χ2v) is 10.5. The highest BCUT2D eigenvalue weighted by Crippen LogP contribution is 2.33. The molecule has 3 rings (SSSR count). The molecule has 5 atom stereocenters. The van der Waals surface area contributed by atoms with Crippen molar-refractivity contribution in [1.29, 1.82) is 0 Å². The Labute approximate surface area is 267 Å². The zero-order chi connectivity index (χ0) is 35.1. The van der Waals surface area contributed by atoms with Crippen molar-refractivity contribution < 1.29 is 70.4 Å². The summed E-state index contributed by atoms with van der Waals surface area (Å²) in [7, 11) is 0. The number of ether oxygens (including phenoxy) is 6. The number of likely N-dealkylation sites (tertiary alicyclic amines) is 1. The molecule has 18 heteroatoms. The standard InChI is InChI=1S/C29H36F3N3O12/c1-6-42-19-12-18(29(30,31)32)13-33-20(19)25(39)34-26-23(46-16(5)38)21(44-14(3)36)22(45-15(4)37)24(47-26)27(40)35-10-8-17(9-11-35)28(41)43-7-2/h12-13,17,21-24,26H,6-11H2,1-5H3,(H,34,39). The molecule has 0 saturated carbocycles. The Kier molecular flexibility index (Phi) is 12.5. The summed E-state index contributed by atoms with van der Waals surface area (Å²) in [4.78, 5) is 80.9. The van der Waals surface area contributed by atoms with E-state index < -0.39 is 95.4 Å². The predicted octanol–water partition coefficient (Wildman–Crippen LogP) is 1.55. The van der Waals surface area contributed by atoms with Crippen molar-refractivity contribution in [3.05, 3.63) is 23.5 Å². The number of pyridine rings is 1. The molecule has 47 heavy (non-hydrogen) atoms. The smallest absolute Gasteiger partial charge is 0.418 e. The van der Waals surface area contributed by atoms with E-state index in [4.69, 9.17) is 28.4 Å². The van der Waals surface area contributed by atoms with Crippen LogP contribution in [0.15, 0.2) is 12.3 Å². The molecule has 2 amide bonds. The summed E-state index contributed by atoms with van der Waals surface area (Å²) in [5.41, 5.74) is -1.80. The zero-order valence-electron chi connectivity index (χ0n) is 26.3. The van der Waals surface area contributed by atoms with Crippen molar-refractivity contribution in [3.63, 3.8) is 0 Å². The summed E-state index contributed by atoms with van der Waals surface area (Å²) >= 11 is 0. The van der Waals surface area contributed by atoms with E-state index in [-0.39, 0.29) is 39.1 Å². The van der Waals surface area contributed by atoms with Crippen molar-refractivity contribution in [1.82, 2.24) is 15.2 Å². The molecule has 1 aromatic rings. The minimum absolute atomic E-state index is 0.0603. The molecule has 1 aromatic heterocycles. The zero-order valence-corrected chi connectivity index (χ0v) is 26.3. The van der Waals surface area contributed by atoms with Crippen LogP contribution < -0.4 is 10.1 Å². The van der Waals surface area contributed by atoms with Gasteiger partial charge in [-0.1, -0.05) is 0 Å². The van der Waals surface area contributed by atoms with Crippen molar-refractivity contribution >= 4 is 35.7 Å². The van der Waals surface area contributed by atoms with Crippen LogP contribution in [-0.2, 0) is 53.8 Å². The Morgan fingerprint density at radius 3 is 2.02 bits per heavy atom. The summed E-state index contributed by atoms with van der Waals surface area (Å²) in [5.74, 6) is -6.19. The lowest BCUT2D eigenvalue weighted by atomic mass is 9.93. The van der Waals surface area contributed by atoms with Gasteiger partial charge in [0, 0.05) is 40.1 Å². The molecule has 3 heterocycles. The number of nitrogens with one attached hydrogen (secondary N) is 1. The van der Waals surface area contributed by atoms with Crippen molar-refractivity contribution in [3.8, 4) is 5.75 Å². The molecule has 2 saturated heterocycles. The third-order valence-corrected chi connectivity index (χ3v) is 7.08. The van der Waals surface area contributed by atoms with Crippen molar-refractivity contribution in [2.24, 2.45) is 5.92 Å². The average Bonchev–Trinajstić information content (AvgIpc) is 2.98. The monoisotopic (exact) mass is 675 g/mol. The normalized spacial score (nSPS) is 23.2. The van der Waals surface area contributed by atoms with E-state index in [0.717, 1.165) is 20.8 Å². The van der Waals surface area contributed by atoms with Crippen LogP contribution in [0.25, 0.3) is 0 Å². The maximum Gasteiger partial charge on any atom is 0.418 e. The van der Waals surface area contributed by atoms with E-state index in [0.29, 0.717) is 12.3 Å². The van der Waals surface area contributed by atoms with Gasteiger partial charge in [0.15, 0.2) is 42.1 Å². The third kappa shape index (κ3) is 9.52. The Bertz CT molecular complexity index is 1350. The number of carbonyl (C=O) groups is 6. The number of esters is 4. The molecule has 2 aliphatic rings. The van der Waals surface area contributed by atoms with E-state index in [9.17, 15) is 41.9 Å². The summed E-state index contributed by atoms with van der Waals surface area (Å²) in [6, 6.07) is 0.571. The van der Waals surface area contributed by atoms with Crippen LogP contribution in [0, 0.1) is 5.92 Å². The summed E-state index contributed by atoms with van der Waals surface area (Å²) < 4.78 is 72.2. The van der Waals surface area contributed by atoms with Gasteiger partial charge in [-0.3, -0.25) is 28.8 Å². The summed E-state index contributed by atoms with van der Waals surface area (Å²) in [5, 5.41) is 2.32. The highest BCUT2D eigenvalue weighted by Gasteiger charge is 2.55. The van der Waals surface area contributed by atoms with Crippen LogP contribution in [0.5, 0.6) is 5.75 Å². The van der Waals surface area contributed by atoms with E-state index in [2.05, 4.69) is 10.3 Å². The molecule has 0 aromatic carbocycles. The number of hydrogen-bond donors (Lipinski definition) is 1. The molecule has 15 nitrogen and oxygen atoms in total. The number of halogens is 3. The minimum Gasteiger partial charge on any atom is -0.491 e. The maximum atomic E-state index is 13.9. The maximum absolute atomic E-state index is 13.9. The number of carbonyl (C=O) groups excluding carboxylic acids is 6. The molecule has 1 N–H and O–H groups in total. The van der Waals surface area contributed by atoms with Crippen LogP contribution >= 0.6 is 0 Å². The fraction of sp³-hybridized carbons (Fsp3) is 0.621. The molecule has 2 fully saturated rings. The number of aromatic nitrogens is 1. The second kappa shape index (κ2) is 15.9. The third-order valence-electron chi connectivity index (χ3n) is 7.08. The number of rotatable bonds is 10. The largest absolute Gasteiger partial charge is 0.491 e. The van der Waals surface area contributed by atoms with Gasteiger partial charge in [0.05, 0.1) is 24.7 Å². The van der Waals surface area contributed by atoms with Crippen LogP contribution in [-0.4, -0.2) is 103 Å². The van der Waals surface area contributed by atoms with Crippen LogP contribution in [0.1, 0.15) is 63.5 Å². The predicted molar refractivity (Wildman–Crippen MR) is 149 cm³/mol. The number of hydrogen-bond acceptors (Lipinski definition) is 13. The first-order valence-electron chi connectivity index (χ1n) is 14.7. The van der Waals surface area contributed by atoms with E-state index in [1.807, 2.05) is 0 Å². The molecule has 0 aliphatic carbocycles. The van der Waals surface area contributed by atoms with Gasteiger partial charge < -0.3 is 38.6 Å². The lowest BCUT2D eigenvalue weighted by Gasteiger charge is -2.45. The average molecular weight is 676 g/mol. The topological polar surface area (TPSA) is 186 Å². The first kappa shape index (κ1) is 37.0. The Balaban J connectivity index is 2.01. The summed E-state index contributed by atoms with van der Waals surface area (Å²) in [6.07, 6.45) is -12.6. The lowest BCUT2D eigenvalue weighted by molar-refractivity contribution is -0.249. The number of piperidine rings is 1. The molecule has 0 bridgehead atoms. The number of amides is 2. The lowest BCUT2D eigenvalue weighted by Crippen LogP contribution is -2.68. The number of alkyl halides is 3. The Morgan fingerprint density at radius 1 is 0.915 bits per heavy atom. The summed E-state index contributed by atoms with van der Waals surface area (Å²) in [6.45, 7) is 6.29. The molecule has 5 unspecified atom stereocenters. The van der Waals surface area contributed by atoms with Crippen LogP contribution in [0.3, 0.4) is 0 Å². The van der Waals surface area contributed by atoms with Gasteiger partial charge in [-0.25, -0.2) is 4.98 Å². The van der Waals surface area contributed by atoms with Gasteiger partial charge >= 0.3 is 30.1 Å². The van der Waals surface area contributed by atoms with E-state index in [1.165, 1.54) is 11.8 Å². The molecular weight excluding hydrogens is 639 g/mol. The van der Waals surface area contributed by atoms with E-state index >= 15 is 0 Å². The SMILES string of the molecule is CCOC(=O)C1CCN(C(=O)C2OC(NC(=O)c3ncc(C(F)(F)F)cc3OCC)C(OC(C)=O)C(OC(C)=O)C2OC(C)=O)CC1. The van der Waals surface area contributed by atoms with Crippen molar-refractivity contribution in [2.45, 2.75) is 84.3 Å². The fourth-order valence-corrected chi connectivity index (χ4v) is 5.13. The molecule has 0 radical (unpaired) electrons. The molecule has 2 aliphatic heterocycles. The van der Waals surface area contributed by atoms with Gasteiger partial charge in [-0.05, 0) is 32.8 Å².